The molecule has 0 heterocycles. The Morgan fingerprint density at radius 2 is 1.42 bits per heavy atom. The van der Waals surface area contributed by atoms with Gasteiger partial charge in [0.1, 0.15) is 6.04 Å². The second kappa shape index (κ2) is 9.18. The molecule has 7 nitrogen and oxygen atoms in total. The summed E-state index contributed by atoms with van der Waals surface area (Å²) in [6, 6.07) is 19.0. The highest BCUT2D eigenvalue weighted by Crippen LogP contribution is 2.27. The zero-order valence-corrected chi connectivity index (χ0v) is 17.9. The predicted octanol–water partition coefficient (Wildman–Crippen LogP) is 2.21. The molecule has 0 spiro atoms. The molecule has 1 atom stereocenters. The lowest BCUT2D eigenvalue weighted by Crippen LogP contribution is -2.49. The van der Waals surface area contributed by atoms with Crippen LogP contribution in [0.2, 0.25) is 0 Å². The highest BCUT2D eigenvalue weighted by atomic mass is 16.3. The largest absolute Gasteiger partial charge is 0.394 e. The number of aliphatic hydroxyl groups excluding tert-OH is 1. The molecule has 2 amide bonds. The van der Waals surface area contributed by atoms with Crippen molar-refractivity contribution in [1.82, 2.24) is 10.2 Å². The van der Waals surface area contributed by atoms with Gasteiger partial charge < -0.3 is 15.3 Å². The summed E-state index contributed by atoms with van der Waals surface area (Å²) >= 11 is 0. The van der Waals surface area contributed by atoms with E-state index in [1.807, 2.05) is 30.3 Å². The van der Waals surface area contributed by atoms with Gasteiger partial charge in [0, 0.05) is 41.4 Å². The van der Waals surface area contributed by atoms with Crippen LogP contribution in [0.4, 0.5) is 0 Å². The summed E-state index contributed by atoms with van der Waals surface area (Å²) < 4.78 is 0. The van der Waals surface area contributed by atoms with Crippen LogP contribution in [0, 0.1) is 0 Å². The molecule has 0 aromatic heterocycles. The summed E-state index contributed by atoms with van der Waals surface area (Å²) in [5.41, 5.74) is 2.02. The average molecular weight is 442 g/mol. The first-order valence-electron chi connectivity index (χ1n) is 10.4. The number of hydrogen-bond donors (Lipinski definition) is 2. The van der Waals surface area contributed by atoms with E-state index in [4.69, 9.17) is 0 Å². The molecule has 7 heteroatoms. The summed E-state index contributed by atoms with van der Waals surface area (Å²) in [6.07, 6.45) is 0. The van der Waals surface area contributed by atoms with E-state index in [0.29, 0.717) is 17.7 Å². The summed E-state index contributed by atoms with van der Waals surface area (Å²) in [5.74, 6) is -1.70. The molecule has 0 radical (unpaired) electrons. The van der Waals surface area contributed by atoms with Crippen molar-refractivity contribution < 1.29 is 24.3 Å². The smallest absolute Gasteiger partial charge is 0.252 e. The Balaban J connectivity index is 1.51. The molecule has 4 rings (SSSR count). The Hall–Kier alpha value is -4.10. The summed E-state index contributed by atoms with van der Waals surface area (Å²) in [4.78, 5) is 52.6. The molecule has 0 unspecified atom stereocenters. The molecule has 3 aromatic carbocycles. The molecule has 2 N–H and O–H groups in total. The average Bonchev–Trinajstić information content (AvgIpc) is 2.85. The van der Waals surface area contributed by atoms with Crippen LogP contribution < -0.4 is 5.32 Å². The van der Waals surface area contributed by atoms with Gasteiger partial charge in [0.05, 0.1) is 6.61 Å². The van der Waals surface area contributed by atoms with Crippen molar-refractivity contribution in [2.45, 2.75) is 12.6 Å². The van der Waals surface area contributed by atoms with E-state index in [1.165, 1.54) is 23.1 Å². The van der Waals surface area contributed by atoms with Gasteiger partial charge in [-0.25, -0.2) is 0 Å². The first-order valence-corrected chi connectivity index (χ1v) is 10.4. The number of aliphatic hydroxyl groups is 1. The van der Waals surface area contributed by atoms with Crippen molar-refractivity contribution in [3.8, 4) is 0 Å². The van der Waals surface area contributed by atoms with Crippen LogP contribution in [0.3, 0.4) is 0 Å². The minimum atomic E-state index is -1.15. The van der Waals surface area contributed by atoms with Crippen molar-refractivity contribution in [3.05, 3.63) is 106 Å². The topological polar surface area (TPSA) is 104 Å². The lowest BCUT2D eigenvalue weighted by Gasteiger charge is -2.24. The van der Waals surface area contributed by atoms with Gasteiger partial charge in [-0.15, -0.1) is 0 Å². The lowest BCUT2D eigenvalue weighted by molar-refractivity contribution is -0.133. The number of likely N-dealkylation sites (N-methyl/N-ethyl adjacent to an activating group) is 1. The maximum absolute atomic E-state index is 12.9. The van der Waals surface area contributed by atoms with Gasteiger partial charge in [0.15, 0.2) is 11.6 Å². The van der Waals surface area contributed by atoms with Gasteiger partial charge in [-0.3, -0.25) is 19.2 Å². The predicted molar refractivity (Wildman–Crippen MR) is 121 cm³/mol. The number of rotatable bonds is 6. The molecule has 3 aromatic rings. The Kier molecular flexibility index (Phi) is 6.15. The Labute approximate surface area is 190 Å². The van der Waals surface area contributed by atoms with Crippen LogP contribution in [-0.2, 0) is 11.3 Å². The molecule has 33 heavy (non-hydrogen) atoms. The second-order valence-electron chi connectivity index (χ2n) is 7.85. The first-order chi connectivity index (χ1) is 15.9. The standard InChI is InChI=1S/C26H22N2O5/c1-28(14-16-7-3-2-4-8-16)26(33)22(15-29)27-25(32)17-11-12-20-21(13-17)24(31)19-10-6-5-9-18(19)23(20)30/h2-13,22,29H,14-15H2,1H3,(H,27,32)/t22-/m0/s1. The molecule has 0 aliphatic heterocycles. The van der Waals surface area contributed by atoms with Crippen LogP contribution in [0.1, 0.15) is 47.8 Å². The van der Waals surface area contributed by atoms with Gasteiger partial charge in [0.25, 0.3) is 5.91 Å². The third-order valence-electron chi connectivity index (χ3n) is 5.61. The van der Waals surface area contributed by atoms with Crippen LogP contribution in [0.5, 0.6) is 0 Å². The van der Waals surface area contributed by atoms with E-state index in [2.05, 4.69) is 5.32 Å². The van der Waals surface area contributed by atoms with Crippen molar-refractivity contribution >= 4 is 23.4 Å². The zero-order valence-electron chi connectivity index (χ0n) is 17.9. The Morgan fingerprint density at radius 3 is 2.06 bits per heavy atom. The number of ketones is 2. The maximum Gasteiger partial charge on any atom is 0.252 e. The SMILES string of the molecule is CN(Cc1ccccc1)C(=O)[C@H](CO)NC(=O)c1ccc2c(c1)C(=O)c1ccccc1C2=O. The van der Waals surface area contributed by atoms with Crippen molar-refractivity contribution in [3.63, 3.8) is 0 Å². The summed E-state index contributed by atoms with van der Waals surface area (Å²) in [6.45, 7) is -0.264. The summed E-state index contributed by atoms with van der Waals surface area (Å²) in [7, 11) is 1.59. The number of benzene rings is 3. The van der Waals surface area contributed by atoms with Crippen molar-refractivity contribution in [1.29, 1.82) is 0 Å². The van der Waals surface area contributed by atoms with Crippen molar-refractivity contribution in [2.24, 2.45) is 0 Å². The van der Waals surface area contributed by atoms with Crippen LogP contribution >= 0.6 is 0 Å². The Morgan fingerprint density at radius 1 is 0.848 bits per heavy atom. The Bertz CT molecular complexity index is 1250. The molecule has 0 saturated carbocycles. The van der Waals surface area contributed by atoms with E-state index in [0.717, 1.165) is 5.56 Å². The third kappa shape index (κ3) is 4.31. The van der Waals surface area contributed by atoms with E-state index < -0.39 is 24.5 Å². The number of carbonyl (C=O) groups is 4. The highest BCUT2D eigenvalue weighted by molar-refractivity contribution is 6.28. The molecular weight excluding hydrogens is 420 g/mol. The van der Waals surface area contributed by atoms with Gasteiger partial charge in [-0.1, -0.05) is 54.6 Å². The van der Waals surface area contributed by atoms with E-state index >= 15 is 0 Å². The van der Waals surface area contributed by atoms with Crippen molar-refractivity contribution in [2.75, 3.05) is 13.7 Å². The fourth-order valence-corrected chi connectivity index (χ4v) is 3.87. The van der Waals surface area contributed by atoms with E-state index in [1.54, 1.807) is 31.3 Å². The minimum Gasteiger partial charge on any atom is -0.394 e. The second-order valence-corrected chi connectivity index (χ2v) is 7.85. The van der Waals surface area contributed by atoms with Gasteiger partial charge in [-0.2, -0.15) is 0 Å². The van der Waals surface area contributed by atoms with Gasteiger partial charge >= 0.3 is 0 Å². The molecule has 1 aliphatic rings. The van der Waals surface area contributed by atoms with Crippen LogP contribution in [0.25, 0.3) is 0 Å². The van der Waals surface area contributed by atoms with Gasteiger partial charge in [0.2, 0.25) is 5.91 Å². The monoisotopic (exact) mass is 442 g/mol. The molecule has 0 saturated heterocycles. The molecule has 0 bridgehead atoms. The number of carbonyl (C=O) groups excluding carboxylic acids is 4. The van der Waals surface area contributed by atoms with Gasteiger partial charge in [-0.05, 0) is 23.8 Å². The highest BCUT2D eigenvalue weighted by Gasteiger charge is 2.30. The normalized spacial score (nSPS) is 13.0. The number of amides is 2. The fraction of sp³-hybridized carbons (Fsp3) is 0.154. The lowest BCUT2D eigenvalue weighted by atomic mass is 9.83. The first kappa shape index (κ1) is 22.1. The summed E-state index contributed by atoms with van der Waals surface area (Å²) in [5, 5.41) is 12.2. The molecule has 166 valence electrons. The zero-order chi connectivity index (χ0) is 23.5. The minimum absolute atomic E-state index is 0.117. The van der Waals surface area contributed by atoms with Crippen LogP contribution in [0.15, 0.2) is 72.8 Å². The van der Waals surface area contributed by atoms with E-state index in [-0.39, 0.29) is 28.3 Å². The number of hydrogen-bond acceptors (Lipinski definition) is 5. The third-order valence-corrected chi connectivity index (χ3v) is 5.61. The number of fused-ring (bicyclic) bond motifs is 2. The molecule has 1 aliphatic carbocycles. The molecular formula is C26H22N2O5. The maximum atomic E-state index is 12.9. The van der Waals surface area contributed by atoms with Crippen LogP contribution in [-0.4, -0.2) is 53.1 Å². The van der Waals surface area contributed by atoms with E-state index in [9.17, 15) is 24.3 Å². The number of nitrogens with one attached hydrogen (secondary N) is 1. The fourth-order valence-electron chi connectivity index (χ4n) is 3.87. The number of nitrogens with zero attached hydrogens (tertiary/aromatic N) is 1. The molecule has 0 fully saturated rings. The quantitative estimate of drug-likeness (QED) is 0.477.